The zero-order valence-electron chi connectivity index (χ0n) is 9.83. The van der Waals surface area contributed by atoms with Crippen LogP contribution in [-0.4, -0.2) is 37.1 Å². The van der Waals surface area contributed by atoms with Gasteiger partial charge in [0.15, 0.2) is 9.84 Å². The molecule has 0 aliphatic rings. The van der Waals surface area contributed by atoms with Gasteiger partial charge in [-0.25, -0.2) is 8.42 Å². The van der Waals surface area contributed by atoms with Crippen LogP contribution in [-0.2, 0) is 16.3 Å². The number of aliphatic hydroxyl groups is 2. The molecule has 2 N–H and O–H groups in total. The normalized spacial score (nSPS) is 13.6. The average molecular weight is 258 g/mol. The van der Waals surface area contributed by atoms with Crippen LogP contribution < -0.4 is 0 Å². The van der Waals surface area contributed by atoms with Crippen molar-refractivity contribution in [2.24, 2.45) is 0 Å². The van der Waals surface area contributed by atoms with Gasteiger partial charge in [-0.05, 0) is 30.5 Å². The third-order valence-corrected chi connectivity index (χ3v) is 4.39. The van der Waals surface area contributed by atoms with E-state index in [1.54, 1.807) is 31.2 Å². The molecule has 1 rings (SSSR count). The summed E-state index contributed by atoms with van der Waals surface area (Å²) in [4.78, 5) is 0.325. The van der Waals surface area contributed by atoms with Crippen molar-refractivity contribution in [1.29, 1.82) is 0 Å². The van der Waals surface area contributed by atoms with E-state index in [0.29, 0.717) is 17.7 Å². The molecule has 0 bridgehead atoms. The molecule has 0 spiro atoms. The van der Waals surface area contributed by atoms with Gasteiger partial charge in [-0.3, -0.25) is 0 Å². The predicted octanol–water partition coefficient (Wildman–Crippen LogP) is 0.766. The maximum Gasteiger partial charge on any atom is 0.178 e. The molecule has 96 valence electrons. The minimum absolute atomic E-state index is 0.0928. The van der Waals surface area contributed by atoms with E-state index >= 15 is 0 Å². The Morgan fingerprint density at radius 2 is 1.82 bits per heavy atom. The van der Waals surface area contributed by atoms with Gasteiger partial charge in [-0.2, -0.15) is 0 Å². The van der Waals surface area contributed by atoms with Crippen molar-refractivity contribution in [2.45, 2.75) is 30.8 Å². The maximum absolute atomic E-state index is 11.6. The van der Waals surface area contributed by atoms with Gasteiger partial charge in [0, 0.05) is 0 Å². The van der Waals surface area contributed by atoms with E-state index in [0.717, 1.165) is 5.56 Å². The van der Waals surface area contributed by atoms with Crippen LogP contribution in [0, 0.1) is 0 Å². The highest BCUT2D eigenvalue weighted by atomic mass is 32.2. The Morgan fingerprint density at radius 3 is 2.29 bits per heavy atom. The molecular weight excluding hydrogens is 240 g/mol. The molecule has 17 heavy (non-hydrogen) atoms. The van der Waals surface area contributed by atoms with Gasteiger partial charge in [0.1, 0.15) is 0 Å². The van der Waals surface area contributed by atoms with Gasteiger partial charge in [0.2, 0.25) is 0 Å². The Bertz CT molecular complexity index is 436. The lowest BCUT2D eigenvalue weighted by atomic mass is 10.1. The van der Waals surface area contributed by atoms with Gasteiger partial charge in [0.05, 0.1) is 23.4 Å². The summed E-state index contributed by atoms with van der Waals surface area (Å²) in [6.07, 6.45) is 0.374. The molecule has 0 radical (unpaired) electrons. The molecule has 0 saturated heterocycles. The summed E-state index contributed by atoms with van der Waals surface area (Å²) in [6, 6.07) is 6.65. The first-order valence-corrected chi connectivity index (χ1v) is 7.25. The molecule has 1 aromatic carbocycles. The number of rotatable bonds is 6. The van der Waals surface area contributed by atoms with Crippen molar-refractivity contribution in [3.8, 4) is 0 Å². The molecule has 5 heteroatoms. The summed E-state index contributed by atoms with van der Waals surface area (Å²) in [5.41, 5.74) is 0.951. The molecule has 0 aliphatic carbocycles. The molecule has 4 nitrogen and oxygen atoms in total. The molecule has 0 aromatic heterocycles. The molecular formula is C12H18O4S. The lowest BCUT2D eigenvalue weighted by Gasteiger charge is -2.07. The van der Waals surface area contributed by atoms with Crippen LogP contribution in [0.5, 0.6) is 0 Å². The minimum atomic E-state index is -3.14. The molecule has 0 aliphatic heterocycles. The molecule has 0 heterocycles. The van der Waals surface area contributed by atoms with E-state index in [2.05, 4.69) is 0 Å². The maximum atomic E-state index is 11.6. The summed E-state index contributed by atoms with van der Waals surface area (Å²) < 4.78 is 23.1. The van der Waals surface area contributed by atoms with E-state index in [4.69, 9.17) is 5.11 Å². The van der Waals surface area contributed by atoms with E-state index in [-0.39, 0.29) is 12.4 Å². The summed E-state index contributed by atoms with van der Waals surface area (Å²) in [6.45, 7) is 1.36. The molecule has 0 amide bonds. The Kier molecular flexibility index (Phi) is 5.11. The van der Waals surface area contributed by atoms with Crippen LogP contribution in [0.25, 0.3) is 0 Å². The van der Waals surface area contributed by atoms with Crippen LogP contribution >= 0.6 is 0 Å². The molecule has 1 atom stereocenters. The number of hydrogen-bond acceptors (Lipinski definition) is 4. The SMILES string of the molecule is CCS(=O)(=O)c1ccc(CCC(O)CO)cc1. The van der Waals surface area contributed by atoms with Crippen molar-refractivity contribution in [3.63, 3.8) is 0 Å². The quantitative estimate of drug-likeness (QED) is 0.790. The zero-order valence-corrected chi connectivity index (χ0v) is 10.7. The Labute approximate surface area is 102 Å². The van der Waals surface area contributed by atoms with Crippen LogP contribution in [0.3, 0.4) is 0 Å². The topological polar surface area (TPSA) is 74.6 Å². The van der Waals surface area contributed by atoms with Crippen molar-refractivity contribution < 1.29 is 18.6 Å². The first-order valence-electron chi connectivity index (χ1n) is 5.60. The molecule has 1 aromatic rings. The minimum Gasteiger partial charge on any atom is -0.394 e. The number of sulfone groups is 1. The van der Waals surface area contributed by atoms with Gasteiger partial charge in [-0.1, -0.05) is 19.1 Å². The number of aryl methyl sites for hydroxylation is 1. The first kappa shape index (κ1) is 14.2. The average Bonchev–Trinajstić information content (AvgIpc) is 2.36. The fraction of sp³-hybridized carbons (Fsp3) is 0.500. The van der Waals surface area contributed by atoms with Crippen molar-refractivity contribution in [1.82, 2.24) is 0 Å². The summed E-state index contributed by atoms with van der Waals surface area (Å²) >= 11 is 0. The highest BCUT2D eigenvalue weighted by Gasteiger charge is 2.10. The number of hydrogen-bond donors (Lipinski definition) is 2. The van der Waals surface area contributed by atoms with Gasteiger partial charge < -0.3 is 10.2 Å². The van der Waals surface area contributed by atoms with Gasteiger partial charge in [-0.15, -0.1) is 0 Å². The zero-order chi connectivity index (χ0) is 12.9. The Hall–Kier alpha value is -0.910. The van der Waals surface area contributed by atoms with E-state index in [1.807, 2.05) is 0 Å². The first-order chi connectivity index (χ1) is 7.99. The standard InChI is InChI=1S/C12H18O4S/c1-2-17(15,16)12-7-4-10(5-8-12)3-6-11(14)9-13/h4-5,7-8,11,13-14H,2-3,6,9H2,1H3. The van der Waals surface area contributed by atoms with Crippen LogP contribution in [0.4, 0.5) is 0 Å². The largest absolute Gasteiger partial charge is 0.394 e. The fourth-order valence-electron chi connectivity index (χ4n) is 1.45. The summed E-state index contributed by atoms with van der Waals surface area (Å²) in [7, 11) is -3.14. The van der Waals surface area contributed by atoms with Crippen LogP contribution in [0.15, 0.2) is 29.2 Å². The highest BCUT2D eigenvalue weighted by molar-refractivity contribution is 7.91. The monoisotopic (exact) mass is 258 g/mol. The second kappa shape index (κ2) is 6.14. The van der Waals surface area contributed by atoms with Gasteiger partial charge >= 0.3 is 0 Å². The second-order valence-corrected chi connectivity index (χ2v) is 6.20. The lowest BCUT2D eigenvalue weighted by molar-refractivity contribution is 0.0886. The Balaban J connectivity index is 2.69. The van der Waals surface area contributed by atoms with Crippen LogP contribution in [0.1, 0.15) is 18.9 Å². The highest BCUT2D eigenvalue weighted by Crippen LogP contribution is 2.13. The summed E-state index contributed by atoms with van der Waals surface area (Å²) in [5, 5.41) is 17.9. The smallest absolute Gasteiger partial charge is 0.178 e. The van der Waals surface area contributed by atoms with Crippen LogP contribution in [0.2, 0.25) is 0 Å². The third kappa shape index (κ3) is 4.11. The van der Waals surface area contributed by atoms with Crippen molar-refractivity contribution >= 4 is 9.84 Å². The van der Waals surface area contributed by atoms with E-state index in [9.17, 15) is 13.5 Å². The molecule has 0 fully saturated rings. The summed E-state index contributed by atoms with van der Waals surface area (Å²) in [5.74, 6) is 0.0928. The van der Waals surface area contributed by atoms with E-state index < -0.39 is 15.9 Å². The lowest BCUT2D eigenvalue weighted by Crippen LogP contribution is -2.12. The molecule has 0 saturated carbocycles. The van der Waals surface area contributed by atoms with Crippen molar-refractivity contribution in [3.05, 3.63) is 29.8 Å². The third-order valence-electron chi connectivity index (χ3n) is 2.64. The second-order valence-electron chi connectivity index (χ2n) is 3.92. The van der Waals surface area contributed by atoms with Crippen molar-refractivity contribution in [2.75, 3.05) is 12.4 Å². The number of benzene rings is 1. The van der Waals surface area contributed by atoms with Gasteiger partial charge in [0.25, 0.3) is 0 Å². The molecule has 1 unspecified atom stereocenters. The van der Waals surface area contributed by atoms with E-state index in [1.165, 1.54) is 0 Å². The number of aliphatic hydroxyl groups excluding tert-OH is 2. The fourth-order valence-corrected chi connectivity index (χ4v) is 2.34. The predicted molar refractivity (Wildman–Crippen MR) is 65.6 cm³/mol. The Morgan fingerprint density at radius 1 is 1.24 bits per heavy atom.